The molecule has 0 heterocycles. The highest BCUT2D eigenvalue weighted by Crippen LogP contribution is 2.16. The molecule has 0 aliphatic rings. The van der Waals surface area contributed by atoms with Crippen molar-refractivity contribution < 1.29 is 8.42 Å². The van der Waals surface area contributed by atoms with Gasteiger partial charge in [0.15, 0.2) is 9.84 Å². The summed E-state index contributed by atoms with van der Waals surface area (Å²) in [5, 5.41) is 0. The Morgan fingerprint density at radius 3 is 2.00 bits per heavy atom. The van der Waals surface area contributed by atoms with Gasteiger partial charge in [0.2, 0.25) is 0 Å². The molecule has 0 aliphatic carbocycles. The lowest BCUT2D eigenvalue weighted by molar-refractivity contribution is 0.559. The summed E-state index contributed by atoms with van der Waals surface area (Å²) in [5.74, 6) is 0.606. The molecule has 0 bridgehead atoms. The molecule has 0 aromatic carbocycles. The van der Waals surface area contributed by atoms with Gasteiger partial charge >= 0.3 is 0 Å². The van der Waals surface area contributed by atoms with Crippen molar-refractivity contribution in [1.82, 2.24) is 0 Å². The van der Waals surface area contributed by atoms with Gasteiger partial charge in [-0.25, -0.2) is 8.42 Å². The fraction of sp³-hybridized carbons (Fsp3) is 1.00. The van der Waals surface area contributed by atoms with Gasteiger partial charge in [0.25, 0.3) is 0 Å². The Balaban J connectivity index is 4.26. The maximum Gasteiger partial charge on any atom is 0.155 e. The second-order valence-electron chi connectivity index (χ2n) is 3.47. The van der Waals surface area contributed by atoms with Crippen LogP contribution in [-0.2, 0) is 9.84 Å². The van der Waals surface area contributed by atoms with E-state index < -0.39 is 14.6 Å². The van der Waals surface area contributed by atoms with Crippen molar-refractivity contribution in [1.29, 1.82) is 0 Å². The number of hydrogen-bond acceptors (Lipinski definition) is 2. The summed E-state index contributed by atoms with van der Waals surface area (Å²) in [6, 6.07) is 0. The van der Waals surface area contributed by atoms with Crippen LogP contribution in [0.25, 0.3) is 0 Å². The molecule has 0 N–H and O–H groups in total. The van der Waals surface area contributed by atoms with Crippen molar-refractivity contribution in [2.75, 3.05) is 11.6 Å². The Kier molecular flexibility index (Phi) is 3.85. The maximum atomic E-state index is 11.4. The monoisotopic (exact) mass is 198 g/mol. The van der Waals surface area contributed by atoms with Crippen LogP contribution in [0.3, 0.4) is 0 Å². The van der Waals surface area contributed by atoms with Gasteiger partial charge in [0, 0.05) is 5.88 Å². The quantitative estimate of drug-likeness (QED) is 0.649. The van der Waals surface area contributed by atoms with E-state index in [-0.39, 0.29) is 5.75 Å². The van der Waals surface area contributed by atoms with E-state index in [0.29, 0.717) is 12.3 Å². The average molecular weight is 199 g/mol. The van der Waals surface area contributed by atoms with Crippen molar-refractivity contribution >= 4 is 21.4 Å². The van der Waals surface area contributed by atoms with Gasteiger partial charge in [-0.05, 0) is 27.2 Å². The number of rotatable bonds is 3. The average Bonchev–Trinajstić information content (AvgIpc) is 1.81. The first kappa shape index (κ1) is 11.2. The van der Waals surface area contributed by atoms with Gasteiger partial charge in [-0.15, -0.1) is 11.6 Å². The summed E-state index contributed by atoms with van der Waals surface area (Å²) in [4.78, 5) is 0. The standard InChI is InChI=1S/C7H15ClO2S/c1-7(2,3)11(9,10)6-4-5-8/h4-6H2,1-3H3. The lowest BCUT2D eigenvalue weighted by Gasteiger charge is -2.18. The Morgan fingerprint density at radius 2 is 1.73 bits per heavy atom. The Labute approximate surface area is 73.9 Å². The minimum absolute atomic E-state index is 0.194. The van der Waals surface area contributed by atoms with Crippen molar-refractivity contribution in [2.24, 2.45) is 0 Å². The Morgan fingerprint density at radius 1 is 1.27 bits per heavy atom. The topological polar surface area (TPSA) is 34.1 Å². The SMILES string of the molecule is CC(C)(C)S(=O)(=O)CCCCl. The van der Waals surface area contributed by atoms with Crippen LogP contribution in [0.1, 0.15) is 27.2 Å². The molecule has 0 unspecified atom stereocenters. The maximum absolute atomic E-state index is 11.4. The molecule has 2 nitrogen and oxygen atoms in total. The summed E-state index contributed by atoms with van der Waals surface area (Å²) >= 11 is 5.39. The van der Waals surface area contributed by atoms with Crippen LogP contribution in [-0.4, -0.2) is 24.8 Å². The molecule has 0 saturated carbocycles. The minimum Gasteiger partial charge on any atom is -0.228 e. The van der Waals surface area contributed by atoms with Crippen LogP contribution in [0.2, 0.25) is 0 Å². The Bertz CT molecular complexity index is 201. The summed E-state index contributed by atoms with van der Waals surface area (Å²) in [7, 11) is -2.94. The minimum atomic E-state index is -2.94. The van der Waals surface area contributed by atoms with Gasteiger partial charge in [-0.3, -0.25) is 0 Å². The van der Waals surface area contributed by atoms with E-state index in [0.717, 1.165) is 0 Å². The van der Waals surface area contributed by atoms with Crippen molar-refractivity contribution in [3.63, 3.8) is 0 Å². The van der Waals surface area contributed by atoms with Crippen LogP contribution < -0.4 is 0 Å². The lowest BCUT2D eigenvalue weighted by Crippen LogP contribution is -2.30. The third kappa shape index (κ3) is 3.43. The molecule has 0 rings (SSSR count). The highest BCUT2D eigenvalue weighted by Gasteiger charge is 2.27. The van der Waals surface area contributed by atoms with Crippen molar-refractivity contribution in [3.05, 3.63) is 0 Å². The molecule has 0 aromatic heterocycles. The first-order chi connectivity index (χ1) is 4.81. The first-order valence-electron chi connectivity index (χ1n) is 3.59. The number of sulfone groups is 1. The van der Waals surface area contributed by atoms with Crippen LogP contribution in [0.15, 0.2) is 0 Å². The third-order valence-electron chi connectivity index (χ3n) is 1.48. The zero-order chi connectivity index (χ0) is 9.12. The molecule has 68 valence electrons. The molecule has 0 fully saturated rings. The normalized spacial score (nSPS) is 13.5. The van der Waals surface area contributed by atoms with Crippen molar-refractivity contribution in [2.45, 2.75) is 31.9 Å². The number of hydrogen-bond donors (Lipinski definition) is 0. The summed E-state index contributed by atoms with van der Waals surface area (Å²) in [6.07, 6.45) is 0.543. The smallest absolute Gasteiger partial charge is 0.155 e. The van der Waals surface area contributed by atoms with E-state index in [9.17, 15) is 8.42 Å². The predicted octanol–water partition coefficient (Wildman–Crippen LogP) is 1.83. The highest BCUT2D eigenvalue weighted by atomic mass is 35.5. The van der Waals surface area contributed by atoms with E-state index in [4.69, 9.17) is 11.6 Å². The predicted molar refractivity (Wildman–Crippen MR) is 48.9 cm³/mol. The van der Waals surface area contributed by atoms with E-state index in [1.54, 1.807) is 20.8 Å². The fourth-order valence-corrected chi connectivity index (χ4v) is 1.98. The Hall–Kier alpha value is 0.240. The van der Waals surface area contributed by atoms with E-state index in [1.165, 1.54) is 0 Å². The van der Waals surface area contributed by atoms with Gasteiger partial charge < -0.3 is 0 Å². The molecule has 0 amide bonds. The van der Waals surface area contributed by atoms with Gasteiger partial charge in [0.05, 0.1) is 10.5 Å². The number of halogens is 1. The van der Waals surface area contributed by atoms with Crippen LogP contribution in [0.4, 0.5) is 0 Å². The molecule has 0 aliphatic heterocycles. The molecule has 0 saturated heterocycles. The van der Waals surface area contributed by atoms with Gasteiger partial charge in [-0.1, -0.05) is 0 Å². The largest absolute Gasteiger partial charge is 0.228 e. The molecule has 11 heavy (non-hydrogen) atoms. The second-order valence-corrected chi connectivity index (χ2v) is 6.71. The zero-order valence-corrected chi connectivity index (χ0v) is 8.80. The van der Waals surface area contributed by atoms with Crippen molar-refractivity contribution in [3.8, 4) is 0 Å². The molecular formula is C7H15ClO2S. The molecule has 0 atom stereocenters. The van der Waals surface area contributed by atoms with Crippen LogP contribution >= 0.6 is 11.6 Å². The second kappa shape index (κ2) is 3.76. The van der Waals surface area contributed by atoms with Gasteiger partial charge in [-0.2, -0.15) is 0 Å². The summed E-state index contributed by atoms with van der Waals surface area (Å²) < 4.78 is 22.1. The fourth-order valence-electron chi connectivity index (χ4n) is 0.551. The number of alkyl halides is 1. The van der Waals surface area contributed by atoms with Crippen LogP contribution in [0, 0.1) is 0 Å². The molecule has 0 radical (unpaired) electrons. The zero-order valence-electron chi connectivity index (χ0n) is 7.22. The summed E-state index contributed by atoms with van der Waals surface area (Å²) in [6.45, 7) is 5.11. The third-order valence-corrected chi connectivity index (χ3v) is 4.44. The van der Waals surface area contributed by atoms with Crippen LogP contribution in [0.5, 0.6) is 0 Å². The summed E-state index contributed by atoms with van der Waals surface area (Å²) in [5.41, 5.74) is 0. The molecule has 0 spiro atoms. The lowest BCUT2D eigenvalue weighted by atomic mass is 10.3. The molecule has 4 heteroatoms. The van der Waals surface area contributed by atoms with Gasteiger partial charge in [0.1, 0.15) is 0 Å². The molecular weight excluding hydrogens is 184 g/mol. The molecule has 0 aromatic rings. The highest BCUT2D eigenvalue weighted by molar-refractivity contribution is 7.92. The van der Waals surface area contributed by atoms with E-state index in [1.807, 2.05) is 0 Å². The first-order valence-corrected chi connectivity index (χ1v) is 5.78. The van der Waals surface area contributed by atoms with E-state index in [2.05, 4.69) is 0 Å². The van der Waals surface area contributed by atoms with E-state index >= 15 is 0 Å².